The molecule has 5 heteroatoms. The molecule has 4 aromatic rings. The summed E-state index contributed by atoms with van der Waals surface area (Å²) >= 11 is 5.36. The van der Waals surface area contributed by atoms with Gasteiger partial charge in [0.15, 0.2) is 5.11 Å². The molecule has 0 saturated carbocycles. The Kier molecular flexibility index (Phi) is 5.17. The Morgan fingerprint density at radius 3 is 2.18 bits per heavy atom. The number of nitrogens with one attached hydrogen (secondary N) is 2. The van der Waals surface area contributed by atoms with Crippen LogP contribution in [0.4, 0.5) is 5.69 Å². The van der Waals surface area contributed by atoms with Gasteiger partial charge in [-0.1, -0.05) is 60.7 Å². The predicted molar refractivity (Wildman–Crippen MR) is 121 cm³/mol. The number of rotatable bonds is 4. The van der Waals surface area contributed by atoms with E-state index in [9.17, 15) is 0 Å². The first-order valence-electron chi connectivity index (χ1n) is 8.90. The van der Waals surface area contributed by atoms with Gasteiger partial charge in [0.25, 0.3) is 0 Å². The van der Waals surface area contributed by atoms with Gasteiger partial charge in [0, 0.05) is 5.56 Å². The number of hydrazone groups is 1. The lowest BCUT2D eigenvalue weighted by atomic mass is 9.97. The van der Waals surface area contributed by atoms with Gasteiger partial charge < -0.3 is 10.1 Å². The van der Waals surface area contributed by atoms with Gasteiger partial charge in [0.2, 0.25) is 0 Å². The van der Waals surface area contributed by atoms with E-state index < -0.39 is 0 Å². The summed E-state index contributed by atoms with van der Waals surface area (Å²) in [4.78, 5) is 0. The van der Waals surface area contributed by atoms with Gasteiger partial charge in [0.1, 0.15) is 5.75 Å². The second-order valence-corrected chi connectivity index (χ2v) is 6.67. The molecule has 2 N–H and O–H groups in total. The van der Waals surface area contributed by atoms with Gasteiger partial charge in [-0.2, -0.15) is 5.10 Å². The van der Waals surface area contributed by atoms with Crippen LogP contribution in [0.5, 0.6) is 5.75 Å². The van der Waals surface area contributed by atoms with Gasteiger partial charge in [-0.15, -0.1) is 0 Å². The fraction of sp³-hybridized carbons (Fsp3) is 0.0435. The zero-order valence-electron chi connectivity index (χ0n) is 15.3. The maximum Gasteiger partial charge on any atom is 0.191 e. The molecule has 4 rings (SSSR count). The number of benzene rings is 4. The van der Waals surface area contributed by atoms with Crippen LogP contribution < -0.4 is 15.5 Å². The van der Waals surface area contributed by atoms with E-state index in [0.29, 0.717) is 5.11 Å². The van der Waals surface area contributed by atoms with Crippen LogP contribution in [0.25, 0.3) is 21.5 Å². The second kappa shape index (κ2) is 8.06. The van der Waals surface area contributed by atoms with Crippen LogP contribution in [0.3, 0.4) is 0 Å². The van der Waals surface area contributed by atoms with E-state index in [4.69, 9.17) is 17.0 Å². The molecule has 0 heterocycles. The standard InChI is InChI=1S/C23H19N3OS/c1-27-22-13-7-6-12-21(22)25-23(28)26-24-15-20-18-10-4-2-8-16(18)14-17-9-3-5-11-19(17)20/h2-15H,1H3,(H2,25,26,28)/b24-15-. The molecule has 138 valence electrons. The molecule has 28 heavy (non-hydrogen) atoms. The summed E-state index contributed by atoms with van der Waals surface area (Å²) in [6.07, 6.45) is 1.82. The lowest BCUT2D eigenvalue weighted by Gasteiger charge is -2.11. The molecule has 0 aliphatic heterocycles. The van der Waals surface area contributed by atoms with Crippen molar-refractivity contribution in [2.24, 2.45) is 5.10 Å². The lowest BCUT2D eigenvalue weighted by molar-refractivity contribution is 0.417. The zero-order valence-corrected chi connectivity index (χ0v) is 16.2. The molecule has 0 fully saturated rings. The Morgan fingerprint density at radius 1 is 0.893 bits per heavy atom. The third kappa shape index (κ3) is 3.66. The molecule has 0 aromatic heterocycles. The average Bonchev–Trinajstić information content (AvgIpc) is 2.73. The highest BCUT2D eigenvalue weighted by Crippen LogP contribution is 2.27. The Labute approximate surface area is 168 Å². The number of anilines is 1. The number of thiocarbonyl (C=S) groups is 1. The smallest absolute Gasteiger partial charge is 0.191 e. The molecule has 0 spiro atoms. The zero-order chi connectivity index (χ0) is 19.3. The van der Waals surface area contributed by atoms with Gasteiger partial charge in [-0.25, -0.2) is 0 Å². The number of methoxy groups -OCH3 is 1. The molecular weight excluding hydrogens is 366 g/mol. The molecule has 0 amide bonds. The van der Waals surface area contributed by atoms with Crippen LogP contribution in [-0.4, -0.2) is 18.4 Å². The maximum atomic E-state index is 5.36. The minimum atomic E-state index is 0.394. The Bertz CT molecular complexity index is 1130. The van der Waals surface area contributed by atoms with Crippen LogP contribution >= 0.6 is 12.2 Å². The molecule has 0 saturated heterocycles. The predicted octanol–water partition coefficient (Wildman–Crippen LogP) is 5.32. The summed E-state index contributed by atoms with van der Waals surface area (Å²) in [5.74, 6) is 0.718. The fourth-order valence-corrected chi connectivity index (χ4v) is 3.40. The third-order valence-corrected chi connectivity index (χ3v) is 4.72. The Balaban J connectivity index is 1.60. The number of para-hydroxylation sites is 2. The van der Waals surface area contributed by atoms with E-state index in [1.165, 1.54) is 10.8 Å². The van der Waals surface area contributed by atoms with Crippen molar-refractivity contribution in [1.82, 2.24) is 5.43 Å². The average molecular weight is 385 g/mol. The highest BCUT2D eigenvalue weighted by molar-refractivity contribution is 7.80. The minimum Gasteiger partial charge on any atom is -0.495 e. The molecule has 0 radical (unpaired) electrons. The van der Waals surface area contributed by atoms with Crippen molar-refractivity contribution in [2.45, 2.75) is 0 Å². The highest BCUT2D eigenvalue weighted by atomic mass is 32.1. The van der Waals surface area contributed by atoms with Crippen LogP contribution in [-0.2, 0) is 0 Å². The van der Waals surface area contributed by atoms with Crippen molar-refractivity contribution in [3.8, 4) is 5.75 Å². The summed E-state index contributed by atoms with van der Waals surface area (Å²) in [6, 6.07) is 26.4. The summed E-state index contributed by atoms with van der Waals surface area (Å²) < 4.78 is 5.33. The van der Waals surface area contributed by atoms with Gasteiger partial charge in [-0.05, 0) is 52.0 Å². The number of hydrogen-bond donors (Lipinski definition) is 2. The first kappa shape index (κ1) is 17.9. The first-order valence-corrected chi connectivity index (χ1v) is 9.30. The number of ether oxygens (including phenoxy) is 1. The SMILES string of the molecule is COc1ccccc1NC(=S)N/N=C\c1c2ccccc2cc2ccccc12. The fourth-order valence-electron chi connectivity index (χ4n) is 3.24. The summed E-state index contributed by atoms with van der Waals surface area (Å²) in [6.45, 7) is 0. The van der Waals surface area contributed by atoms with E-state index in [2.05, 4.69) is 46.2 Å². The molecule has 0 atom stereocenters. The lowest BCUT2D eigenvalue weighted by Crippen LogP contribution is -2.24. The Morgan fingerprint density at radius 2 is 1.50 bits per heavy atom. The second-order valence-electron chi connectivity index (χ2n) is 6.26. The van der Waals surface area contributed by atoms with E-state index in [-0.39, 0.29) is 0 Å². The summed E-state index contributed by atoms with van der Waals surface area (Å²) in [5, 5.41) is 12.5. The number of nitrogens with zero attached hydrogens (tertiary/aromatic N) is 1. The Hall–Kier alpha value is -3.44. The van der Waals surface area contributed by atoms with Gasteiger partial charge in [0.05, 0.1) is 19.0 Å². The number of fused-ring (bicyclic) bond motifs is 2. The normalized spacial score (nSPS) is 11.0. The van der Waals surface area contributed by atoms with Gasteiger partial charge in [-0.3, -0.25) is 5.43 Å². The van der Waals surface area contributed by atoms with E-state index in [0.717, 1.165) is 27.8 Å². The minimum absolute atomic E-state index is 0.394. The topological polar surface area (TPSA) is 45.6 Å². The molecule has 4 nitrogen and oxygen atoms in total. The molecular formula is C23H19N3OS. The molecule has 0 aliphatic carbocycles. The maximum absolute atomic E-state index is 5.36. The van der Waals surface area contributed by atoms with Crippen molar-refractivity contribution < 1.29 is 4.74 Å². The monoisotopic (exact) mass is 385 g/mol. The van der Waals surface area contributed by atoms with Crippen molar-refractivity contribution in [3.05, 3.63) is 84.4 Å². The van der Waals surface area contributed by atoms with Crippen LogP contribution in [0, 0.1) is 0 Å². The molecule has 0 aliphatic rings. The number of hydrogen-bond acceptors (Lipinski definition) is 3. The molecule has 0 unspecified atom stereocenters. The van der Waals surface area contributed by atoms with E-state index >= 15 is 0 Å². The van der Waals surface area contributed by atoms with Gasteiger partial charge >= 0.3 is 0 Å². The van der Waals surface area contributed by atoms with Crippen molar-refractivity contribution in [3.63, 3.8) is 0 Å². The van der Waals surface area contributed by atoms with Crippen molar-refractivity contribution in [1.29, 1.82) is 0 Å². The summed E-state index contributed by atoms with van der Waals surface area (Å²) in [5.41, 5.74) is 4.74. The quantitative estimate of drug-likeness (QED) is 0.216. The van der Waals surface area contributed by atoms with E-state index in [1.807, 2.05) is 54.7 Å². The van der Waals surface area contributed by atoms with E-state index in [1.54, 1.807) is 7.11 Å². The molecule has 0 bridgehead atoms. The summed E-state index contributed by atoms with van der Waals surface area (Å²) in [7, 11) is 1.63. The molecule has 4 aromatic carbocycles. The van der Waals surface area contributed by atoms with Crippen molar-refractivity contribution >= 4 is 50.8 Å². The first-order chi connectivity index (χ1) is 13.8. The highest BCUT2D eigenvalue weighted by Gasteiger charge is 2.06. The largest absolute Gasteiger partial charge is 0.495 e. The van der Waals surface area contributed by atoms with Crippen molar-refractivity contribution in [2.75, 3.05) is 12.4 Å². The van der Waals surface area contributed by atoms with Crippen LogP contribution in [0.2, 0.25) is 0 Å². The van der Waals surface area contributed by atoms with Crippen LogP contribution in [0.1, 0.15) is 5.56 Å². The third-order valence-electron chi connectivity index (χ3n) is 4.53. The van der Waals surface area contributed by atoms with Crippen LogP contribution in [0.15, 0.2) is 84.0 Å².